The third kappa shape index (κ3) is 3.23. The average molecular weight is 268 g/mol. The van der Waals surface area contributed by atoms with Gasteiger partial charge in [-0.2, -0.15) is 0 Å². The van der Waals surface area contributed by atoms with Crippen molar-refractivity contribution in [2.45, 2.75) is 6.92 Å². The number of ketones is 1. The van der Waals surface area contributed by atoms with Crippen molar-refractivity contribution in [3.63, 3.8) is 0 Å². The van der Waals surface area contributed by atoms with Crippen LogP contribution in [-0.2, 0) is 0 Å². The summed E-state index contributed by atoms with van der Waals surface area (Å²) in [5.74, 6) is -0.0608. The molecule has 0 saturated heterocycles. The molecule has 3 nitrogen and oxygen atoms in total. The fourth-order valence-corrected chi connectivity index (χ4v) is 2.10. The molecule has 0 fully saturated rings. The molecule has 0 N–H and O–H groups in total. The minimum absolute atomic E-state index is 0.123. The summed E-state index contributed by atoms with van der Waals surface area (Å²) >= 11 is 0. The van der Waals surface area contributed by atoms with Crippen molar-refractivity contribution in [1.29, 1.82) is 0 Å². The van der Waals surface area contributed by atoms with Crippen LogP contribution in [0.3, 0.4) is 0 Å². The quantitative estimate of drug-likeness (QED) is 0.786. The van der Waals surface area contributed by atoms with E-state index in [0.29, 0.717) is 0 Å². The Hall–Kier alpha value is -2.16. The Morgan fingerprint density at radius 1 is 1.15 bits per heavy atom. The minimum Gasteiger partial charge on any atom is -0.378 e. The highest BCUT2D eigenvalue weighted by Gasteiger charge is 2.16. The molecule has 1 aromatic carbocycles. The molecule has 0 heterocycles. The summed E-state index contributed by atoms with van der Waals surface area (Å²) in [6, 6.07) is 7.70. The fourth-order valence-electron chi connectivity index (χ4n) is 2.10. The number of hydrogen-bond donors (Lipinski definition) is 0. The number of nitrogens with zero attached hydrogens (tertiary/aromatic N) is 2. The zero-order valence-corrected chi connectivity index (χ0v) is 12.2. The summed E-state index contributed by atoms with van der Waals surface area (Å²) in [5.41, 5.74) is 2.76. The van der Waals surface area contributed by atoms with Crippen molar-refractivity contribution in [1.82, 2.24) is 0 Å². The van der Waals surface area contributed by atoms with Crippen LogP contribution in [0.25, 0.3) is 0 Å². The van der Waals surface area contributed by atoms with Gasteiger partial charge in [0.2, 0.25) is 0 Å². The maximum Gasteiger partial charge on any atom is 0.173 e. The molecule has 0 unspecified atom stereocenters. The van der Waals surface area contributed by atoms with E-state index in [-0.39, 0.29) is 11.7 Å². The first-order valence-corrected chi connectivity index (χ1v) is 6.84. The Balaban J connectivity index is 2.11. The lowest BCUT2D eigenvalue weighted by atomic mass is 9.93. The van der Waals surface area contributed by atoms with Crippen LogP contribution < -0.4 is 4.90 Å². The summed E-state index contributed by atoms with van der Waals surface area (Å²) in [4.78, 5) is 18.7. The predicted molar refractivity (Wildman–Crippen MR) is 84.8 cm³/mol. The second-order valence-corrected chi connectivity index (χ2v) is 4.95. The highest BCUT2D eigenvalue weighted by molar-refractivity contribution is 6.08. The van der Waals surface area contributed by atoms with Gasteiger partial charge in [0.1, 0.15) is 0 Å². The number of rotatable bonds is 4. The highest BCUT2D eigenvalue weighted by Crippen LogP contribution is 2.18. The number of allylic oxidation sites excluding steroid dienone is 4. The van der Waals surface area contributed by atoms with Gasteiger partial charge in [0.25, 0.3) is 0 Å². The molecule has 1 aliphatic rings. The topological polar surface area (TPSA) is 32.7 Å². The van der Waals surface area contributed by atoms with E-state index in [2.05, 4.69) is 4.99 Å². The van der Waals surface area contributed by atoms with Crippen molar-refractivity contribution in [2.75, 3.05) is 25.5 Å². The average Bonchev–Trinajstić information content (AvgIpc) is 2.48. The van der Waals surface area contributed by atoms with E-state index in [1.54, 1.807) is 0 Å². The smallest absolute Gasteiger partial charge is 0.173 e. The van der Waals surface area contributed by atoms with Crippen LogP contribution >= 0.6 is 0 Å². The summed E-state index contributed by atoms with van der Waals surface area (Å²) in [6.45, 7) is 2.76. The molecule has 0 amide bonds. The van der Waals surface area contributed by atoms with Crippen LogP contribution in [0, 0.1) is 5.92 Å². The first kappa shape index (κ1) is 14.3. The van der Waals surface area contributed by atoms with E-state index in [1.807, 2.05) is 74.5 Å². The van der Waals surface area contributed by atoms with Crippen molar-refractivity contribution >= 4 is 17.2 Å². The van der Waals surface area contributed by atoms with Gasteiger partial charge in [-0.1, -0.05) is 12.2 Å². The van der Waals surface area contributed by atoms with Crippen LogP contribution in [0.5, 0.6) is 0 Å². The largest absolute Gasteiger partial charge is 0.378 e. The van der Waals surface area contributed by atoms with Crippen LogP contribution in [-0.4, -0.2) is 32.1 Å². The zero-order valence-electron chi connectivity index (χ0n) is 12.2. The molecule has 0 atom stereocenters. The normalized spacial score (nSPS) is 17.1. The van der Waals surface area contributed by atoms with E-state index >= 15 is 0 Å². The number of carbonyl (C=O) groups excluding carboxylic acids is 1. The first-order chi connectivity index (χ1) is 9.61. The van der Waals surface area contributed by atoms with Crippen molar-refractivity contribution in [3.05, 3.63) is 54.1 Å². The second kappa shape index (κ2) is 6.33. The molecule has 3 heteroatoms. The summed E-state index contributed by atoms with van der Waals surface area (Å²) < 4.78 is 0. The van der Waals surface area contributed by atoms with Crippen molar-refractivity contribution in [3.8, 4) is 0 Å². The lowest BCUT2D eigenvalue weighted by Gasteiger charge is -2.14. The number of carbonyl (C=O) groups is 1. The Morgan fingerprint density at radius 3 is 2.25 bits per heavy atom. The highest BCUT2D eigenvalue weighted by atomic mass is 16.1. The molecule has 0 saturated carbocycles. The van der Waals surface area contributed by atoms with Crippen molar-refractivity contribution in [2.24, 2.45) is 10.9 Å². The van der Waals surface area contributed by atoms with Gasteiger partial charge in [-0.15, -0.1) is 0 Å². The SMILES string of the molecule is CCN=C1C=CC(C(=O)c2ccc(N(C)C)cc2)C=C1. The van der Waals surface area contributed by atoms with Crippen LogP contribution in [0.1, 0.15) is 17.3 Å². The van der Waals surface area contributed by atoms with E-state index in [1.165, 1.54) is 0 Å². The monoisotopic (exact) mass is 268 g/mol. The third-order valence-electron chi connectivity index (χ3n) is 3.26. The predicted octanol–water partition coefficient (Wildman–Crippen LogP) is 3.14. The van der Waals surface area contributed by atoms with Gasteiger partial charge in [0.05, 0.1) is 11.6 Å². The van der Waals surface area contributed by atoms with Gasteiger partial charge in [0.15, 0.2) is 5.78 Å². The molecule has 104 valence electrons. The van der Waals surface area contributed by atoms with Crippen LogP contribution in [0.2, 0.25) is 0 Å². The molecule has 1 aromatic rings. The molecule has 0 bridgehead atoms. The van der Waals surface area contributed by atoms with Crippen LogP contribution in [0.15, 0.2) is 53.6 Å². The van der Waals surface area contributed by atoms with E-state index < -0.39 is 0 Å². The molecule has 0 aromatic heterocycles. The number of hydrogen-bond acceptors (Lipinski definition) is 3. The van der Waals surface area contributed by atoms with Crippen LogP contribution in [0.4, 0.5) is 5.69 Å². The van der Waals surface area contributed by atoms with E-state index in [0.717, 1.165) is 23.5 Å². The molecular weight excluding hydrogens is 248 g/mol. The van der Waals surface area contributed by atoms with Crippen molar-refractivity contribution < 1.29 is 4.79 Å². The number of Topliss-reactive ketones (excluding diaryl/α,β-unsaturated/α-hetero) is 1. The van der Waals surface area contributed by atoms with Gasteiger partial charge in [-0.25, -0.2) is 0 Å². The summed E-state index contributed by atoms with van der Waals surface area (Å²) in [7, 11) is 3.97. The fraction of sp³-hybridized carbons (Fsp3) is 0.294. The number of benzene rings is 1. The number of aliphatic imine (C=N–C) groups is 1. The summed E-state index contributed by atoms with van der Waals surface area (Å²) in [5, 5.41) is 0. The van der Waals surface area contributed by atoms with Gasteiger partial charge in [-0.3, -0.25) is 9.79 Å². The molecule has 0 aliphatic heterocycles. The molecule has 2 rings (SSSR count). The second-order valence-electron chi connectivity index (χ2n) is 4.95. The van der Waals surface area contributed by atoms with Gasteiger partial charge >= 0.3 is 0 Å². The van der Waals surface area contributed by atoms with E-state index in [9.17, 15) is 4.79 Å². The third-order valence-corrected chi connectivity index (χ3v) is 3.26. The van der Waals surface area contributed by atoms with E-state index in [4.69, 9.17) is 0 Å². The minimum atomic E-state index is -0.184. The van der Waals surface area contributed by atoms with Gasteiger partial charge < -0.3 is 4.90 Å². The standard InChI is InChI=1S/C17H20N2O/c1-4-18-15-9-5-13(6-10-15)17(20)14-7-11-16(12-8-14)19(2)3/h5-13H,4H2,1-3H3. The molecule has 20 heavy (non-hydrogen) atoms. The Morgan fingerprint density at radius 2 is 1.75 bits per heavy atom. The Kier molecular flexibility index (Phi) is 4.51. The number of anilines is 1. The molecule has 1 aliphatic carbocycles. The van der Waals surface area contributed by atoms with Gasteiger partial charge in [-0.05, 0) is 43.3 Å². The maximum atomic E-state index is 12.4. The Bertz CT molecular complexity index is 549. The lowest BCUT2D eigenvalue weighted by Crippen LogP contribution is -2.14. The molecule has 0 radical (unpaired) electrons. The first-order valence-electron chi connectivity index (χ1n) is 6.84. The lowest BCUT2D eigenvalue weighted by molar-refractivity contribution is 0.0965. The van der Waals surface area contributed by atoms with Gasteiger partial charge in [0, 0.05) is 31.9 Å². The summed E-state index contributed by atoms with van der Waals surface area (Å²) in [6.07, 6.45) is 7.66. The molecular formula is C17H20N2O. The Labute approximate surface area is 120 Å². The zero-order chi connectivity index (χ0) is 14.5. The molecule has 0 spiro atoms. The maximum absolute atomic E-state index is 12.4.